The molecule has 3 heterocycles. The van der Waals surface area contributed by atoms with Gasteiger partial charge in [-0.2, -0.15) is 0 Å². The fraction of sp³-hybridized carbons (Fsp3) is 0.625. The van der Waals surface area contributed by atoms with Crippen molar-refractivity contribution >= 4 is 17.5 Å². The largest absolute Gasteiger partial charge is 0.378 e. The van der Waals surface area contributed by atoms with Crippen LogP contribution in [0, 0.1) is 23.2 Å². The van der Waals surface area contributed by atoms with Crippen LogP contribution in [0.5, 0.6) is 0 Å². The maximum absolute atomic E-state index is 13.2. The van der Waals surface area contributed by atoms with Crippen molar-refractivity contribution in [3.63, 3.8) is 0 Å². The summed E-state index contributed by atoms with van der Waals surface area (Å²) >= 11 is 0. The van der Waals surface area contributed by atoms with Crippen molar-refractivity contribution in [3.05, 3.63) is 35.8 Å². The molecule has 7 rings (SSSR count). The number of imidazole rings is 1. The number of rotatable bonds is 4. The monoisotopic (exact) mass is 422 g/mol. The highest BCUT2D eigenvalue weighted by atomic mass is 16.5. The second-order valence-corrected chi connectivity index (χ2v) is 10.3. The van der Waals surface area contributed by atoms with Crippen molar-refractivity contribution in [2.45, 2.75) is 38.5 Å². The van der Waals surface area contributed by atoms with Gasteiger partial charge in [0.15, 0.2) is 0 Å². The normalized spacial score (nSPS) is 31.9. The van der Waals surface area contributed by atoms with Crippen molar-refractivity contribution in [2.24, 2.45) is 23.2 Å². The summed E-state index contributed by atoms with van der Waals surface area (Å²) in [6.45, 7) is 3.02. The number of pyridine rings is 1. The number of hydrogen-bond acceptors (Lipinski definition) is 4. The van der Waals surface area contributed by atoms with Gasteiger partial charge >= 0.3 is 0 Å². The molecule has 7 heteroatoms. The highest BCUT2D eigenvalue weighted by Gasteiger charge is 2.50. The average Bonchev–Trinajstić information content (AvgIpc) is 3.21. The SMILES string of the molecule is O=C(NCC12CC3CC(CC(C3)C1)C2)c1cccc2nc(C(=O)N3CCOCC3)cn12. The second-order valence-electron chi connectivity index (χ2n) is 10.3. The molecular formula is C24H30N4O3. The Morgan fingerprint density at radius 1 is 1.06 bits per heavy atom. The molecule has 0 radical (unpaired) electrons. The number of aromatic nitrogens is 2. The number of hydrogen-bond donors (Lipinski definition) is 1. The summed E-state index contributed by atoms with van der Waals surface area (Å²) in [6, 6.07) is 5.49. The molecule has 2 aromatic rings. The van der Waals surface area contributed by atoms with E-state index < -0.39 is 0 Å². The molecule has 0 atom stereocenters. The predicted octanol–water partition coefficient (Wildman–Crippen LogP) is 2.75. The number of amides is 2. The third kappa shape index (κ3) is 3.43. The molecule has 1 aliphatic heterocycles. The Kier molecular flexibility index (Phi) is 4.56. The van der Waals surface area contributed by atoms with E-state index in [1.807, 2.05) is 18.2 Å². The van der Waals surface area contributed by atoms with Gasteiger partial charge in [-0.25, -0.2) is 4.98 Å². The standard InChI is InChI=1S/C24H30N4O3/c29-22(25-15-24-11-16-8-17(12-24)10-18(9-16)13-24)20-2-1-3-21-26-19(14-28(20)21)23(30)27-4-6-31-7-5-27/h1-3,14,16-18H,4-13,15H2,(H,25,29). The summed E-state index contributed by atoms with van der Waals surface area (Å²) in [4.78, 5) is 32.2. The Balaban J connectivity index is 1.20. The molecule has 164 valence electrons. The summed E-state index contributed by atoms with van der Waals surface area (Å²) in [5.74, 6) is 2.42. The second kappa shape index (κ2) is 7.33. The maximum Gasteiger partial charge on any atom is 0.274 e. The first kappa shape index (κ1) is 19.3. The van der Waals surface area contributed by atoms with Gasteiger partial charge in [0.2, 0.25) is 0 Å². The molecule has 5 aliphatic rings. The summed E-state index contributed by atoms with van der Waals surface area (Å²) in [6.07, 6.45) is 9.73. The van der Waals surface area contributed by atoms with E-state index in [4.69, 9.17) is 4.74 Å². The van der Waals surface area contributed by atoms with Crippen LogP contribution < -0.4 is 5.32 Å². The van der Waals surface area contributed by atoms with Crippen molar-refractivity contribution in [1.82, 2.24) is 19.6 Å². The first-order valence-corrected chi connectivity index (χ1v) is 11.7. The van der Waals surface area contributed by atoms with Gasteiger partial charge in [0.05, 0.1) is 13.2 Å². The fourth-order valence-electron chi connectivity index (χ4n) is 7.09. The van der Waals surface area contributed by atoms with Crippen molar-refractivity contribution in [1.29, 1.82) is 0 Å². The lowest BCUT2D eigenvalue weighted by atomic mass is 9.49. The molecule has 0 unspecified atom stereocenters. The molecule has 4 bridgehead atoms. The van der Waals surface area contributed by atoms with Crippen molar-refractivity contribution < 1.29 is 14.3 Å². The van der Waals surface area contributed by atoms with E-state index in [1.54, 1.807) is 15.5 Å². The molecule has 4 saturated carbocycles. The molecular weight excluding hydrogens is 392 g/mol. The summed E-state index contributed by atoms with van der Waals surface area (Å²) < 4.78 is 7.09. The van der Waals surface area contributed by atoms with Gasteiger partial charge in [0.25, 0.3) is 11.8 Å². The lowest BCUT2D eigenvalue weighted by molar-refractivity contribution is -0.0503. The molecule has 2 amide bonds. The van der Waals surface area contributed by atoms with Gasteiger partial charge in [0, 0.05) is 25.8 Å². The van der Waals surface area contributed by atoms with Crippen LogP contribution in [0.2, 0.25) is 0 Å². The molecule has 7 nitrogen and oxygen atoms in total. The van der Waals surface area contributed by atoms with E-state index in [0.717, 1.165) is 24.3 Å². The van der Waals surface area contributed by atoms with E-state index in [9.17, 15) is 9.59 Å². The van der Waals surface area contributed by atoms with Crippen LogP contribution in [0.15, 0.2) is 24.4 Å². The quantitative estimate of drug-likeness (QED) is 0.822. The van der Waals surface area contributed by atoms with E-state index >= 15 is 0 Å². The number of nitrogens with one attached hydrogen (secondary N) is 1. The van der Waals surface area contributed by atoms with Gasteiger partial charge in [-0.05, 0) is 73.8 Å². The minimum absolute atomic E-state index is 0.0795. The Hall–Kier alpha value is -2.41. The smallest absolute Gasteiger partial charge is 0.274 e. The van der Waals surface area contributed by atoms with Crippen LogP contribution in [0.3, 0.4) is 0 Å². The predicted molar refractivity (Wildman–Crippen MR) is 115 cm³/mol. The van der Waals surface area contributed by atoms with Crippen LogP contribution in [0.1, 0.15) is 59.5 Å². The van der Waals surface area contributed by atoms with Crippen LogP contribution in [0.4, 0.5) is 0 Å². The third-order valence-electron chi connectivity index (χ3n) is 8.03. The van der Waals surface area contributed by atoms with Gasteiger partial charge in [-0.1, -0.05) is 6.07 Å². The van der Waals surface area contributed by atoms with Gasteiger partial charge in [-0.15, -0.1) is 0 Å². The molecule has 31 heavy (non-hydrogen) atoms. The molecule has 5 fully saturated rings. The summed E-state index contributed by atoms with van der Waals surface area (Å²) in [7, 11) is 0. The molecule has 0 aromatic carbocycles. The lowest BCUT2D eigenvalue weighted by Gasteiger charge is -2.56. The Labute approximate surface area is 182 Å². The average molecular weight is 423 g/mol. The van der Waals surface area contributed by atoms with Crippen molar-refractivity contribution in [2.75, 3.05) is 32.8 Å². The van der Waals surface area contributed by atoms with Gasteiger partial charge in [-0.3, -0.25) is 14.0 Å². The zero-order valence-corrected chi connectivity index (χ0v) is 17.9. The highest BCUT2D eigenvalue weighted by Crippen LogP contribution is 2.59. The number of morpholine rings is 1. The Morgan fingerprint density at radius 3 is 2.42 bits per heavy atom. The van der Waals surface area contributed by atoms with Gasteiger partial charge in [0.1, 0.15) is 17.0 Å². The first-order chi connectivity index (χ1) is 15.1. The zero-order valence-electron chi connectivity index (χ0n) is 17.9. The van der Waals surface area contributed by atoms with Crippen LogP contribution in [-0.4, -0.2) is 58.9 Å². The lowest BCUT2D eigenvalue weighted by Crippen LogP contribution is -2.51. The topological polar surface area (TPSA) is 75.9 Å². The maximum atomic E-state index is 13.2. The number of ether oxygens (including phenoxy) is 1. The highest BCUT2D eigenvalue weighted by molar-refractivity contribution is 5.95. The third-order valence-corrected chi connectivity index (χ3v) is 8.03. The number of nitrogens with zero attached hydrogens (tertiary/aromatic N) is 3. The van der Waals surface area contributed by atoms with Gasteiger partial charge < -0.3 is 15.0 Å². The minimum Gasteiger partial charge on any atom is -0.378 e. The van der Waals surface area contributed by atoms with E-state index in [-0.39, 0.29) is 11.8 Å². The number of fused-ring (bicyclic) bond motifs is 1. The van der Waals surface area contributed by atoms with Crippen LogP contribution in [-0.2, 0) is 4.74 Å². The summed E-state index contributed by atoms with van der Waals surface area (Å²) in [5, 5.41) is 3.25. The van der Waals surface area contributed by atoms with Crippen LogP contribution >= 0.6 is 0 Å². The van der Waals surface area contributed by atoms with E-state index in [2.05, 4.69) is 10.3 Å². The van der Waals surface area contributed by atoms with Crippen LogP contribution in [0.25, 0.3) is 5.65 Å². The fourth-order valence-corrected chi connectivity index (χ4v) is 7.09. The first-order valence-electron chi connectivity index (χ1n) is 11.7. The minimum atomic E-state index is -0.105. The van der Waals surface area contributed by atoms with E-state index in [1.165, 1.54) is 38.5 Å². The Morgan fingerprint density at radius 2 is 1.74 bits per heavy atom. The van der Waals surface area contributed by atoms with E-state index in [0.29, 0.717) is 48.8 Å². The number of carbonyl (C=O) groups is 2. The molecule has 1 N–H and O–H groups in total. The zero-order chi connectivity index (χ0) is 21.0. The van der Waals surface area contributed by atoms with Crippen molar-refractivity contribution in [3.8, 4) is 0 Å². The molecule has 2 aromatic heterocycles. The Bertz CT molecular complexity index is 988. The molecule has 1 saturated heterocycles. The molecule has 0 spiro atoms. The number of carbonyl (C=O) groups excluding carboxylic acids is 2. The summed E-state index contributed by atoms with van der Waals surface area (Å²) in [5.41, 5.74) is 1.84. The molecule has 4 aliphatic carbocycles.